The normalized spacial score (nSPS) is 16.2. The highest BCUT2D eigenvalue weighted by atomic mass is 16.4. The van der Waals surface area contributed by atoms with Crippen LogP contribution in [0, 0.1) is 0 Å². The van der Waals surface area contributed by atoms with Crippen LogP contribution in [0.5, 0.6) is 0 Å². The number of rotatable bonds is 9. The Bertz CT molecular complexity index is 918. The van der Waals surface area contributed by atoms with Crippen molar-refractivity contribution in [1.29, 1.82) is 0 Å². The van der Waals surface area contributed by atoms with Crippen molar-refractivity contribution in [3.05, 3.63) is 36.0 Å². The molecule has 1 saturated heterocycles. The number of carboxylic acid groups (broad SMARTS) is 1. The Morgan fingerprint density at radius 2 is 1.78 bits per heavy atom. The van der Waals surface area contributed by atoms with Gasteiger partial charge < -0.3 is 25.6 Å². The van der Waals surface area contributed by atoms with Crippen LogP contribution < -0.4 is 10.6 Å². The predicted octanol–water partition coefficient (Wildman–Crippen LogP) is 3.42. The van der Waals surface area contributed by atoms with E-state index in [1.54, 1.807) is 11.1 Å². The fourth-order valence-electron chi connectivity index (χ4n) is 4.18. The van der Waals surface area contributed by atoms with Crippen LogP contribution in [-0.2, 0) is 16.0 Å². The van der Waals surface area contributed by atoms with Crippen LogP contribution in [0.3, 0.4) is 0 Å². The summed E-state index contributed by atoms with van der Waals surface area (Å²) >= 11 is 0. The van der Waals surface area contributed by atoms with Crippen LogP contribution in [0.1, 0.15) is 57.4 Å². The van der Waals surface area contributed by atoms with E-state index in [4.69, 9.17) is 0 Å². The number of fused-ring (bicyclic) bond motifs is 1. The first kappa shape index (κ1) is 23.6. The van der Waals surface area contributed by atoms with Crippen molar-refractivity contribution in [2.24, 2.45) is 0 Å². The van der Waals surface area contributed by atoms with Crippen molar-refractivity contribution in [3.8, 4) is 0 Å². The van der Waals surface area contributed by atoms with Gasteiger partial charge in [0.15, 0.2) is 0 Å². The molecule has 1 aliphatic rings. The molecule has 0 unspecified atom stereocenters. The molecule has 2 aromatic rings. The maximum atomic E-state index is 13.0. The molecule has 0 saturated carbocycles. The van der Waals surface area contributed by atoms with Crippen molar-refractivity contribution < 1.29 is 19.5 Å². The molecular formula is C24H34N4O4. The largest absolute Gasteiger partial charge is 0.480 e. The fraction of sp³-hybridized carbons (Fsp3) is 0.542. The van der Waals surface area contributed by atoms with Crippen LogP contribution >= 0.6 is 0 Å². The number of aromatic amines is 1. The average molecular weight is 443 g/mol. The highest BCUT2D eigenvalue weighted by Gasteiger charge is 2.28. The minimum atomic E-state index is -1.10. The van der Waals surface area contributed by atoms with E-state index in [1.165, 1.54) is 0 Å². The number of nitrogens with zero attached hydrogens (tertiary/aromatic N) is 1. The molecule has 0 aliphatic carbocycles. The van der Waals surface area contributed by atoms with Crippen LogP contribution in [-0.4, -0.2) is 58.1 Å². The zero-order valence-electron chi connectivity index (χ0n) is 18.7. The first-order chi connectivity index (χ1) is 15.5. The Labute approximate surface area is 188 Å². The zero-order chi connectivity index (χ0) is 22.9. The quantitative estimate of drug-likeness (QED) is 0.476. The number of nitrogens with one attached hydrogen (secondary N) is 3. The SMILES string of the molecule is CCCC[C@H](NC(=O)N1CCCCCC1)C(=O)N[C@H](Cc1c[nH]c2ccccc12)C(=O)O. The molecule has 174 valence electrons. The minimum Gasteiger partial charge on any atom is -0.480 e. The third-order valence-corrected chi connectivity index (χ3v) is 6.07. The first-order valence-corrected chi connectivity index (χ1v) is 11.6. The van der Waals surface area contributed by atoms with E-state index in [0.717, 1.165) is 55.0 Å². The monoisotopic (exact) mass is 442 g/mol. The maximum Gasteiger partial charge on any atom is 0.326 e. The maximum absolute atomic E-state index is 13.0. The summed E-state index contributed by atoms with van der Waals surface area (Å²) < 4.78 is 0. The van der Waals surface area contributed by atoms with Crippen molar-refractivity contribution in [3.63, 3.8) is 0 Å². The van der Waals surface area contributed by atoms with E-state index in [9.17, 15) is 19.5 Å². The summed E-state index contributed by atoms with van der Waals surface area (Å²) in [6, 6.07) is 5.57. The smallest absolute Gasteiger partial charge is 0.326 e. The van der Waals surface area contributed by atoms with E-state index in [-0.39, 0.29) is 12.5 Å². The zero-order valence-corrected chi connectivity index (χ0v) is 18.7. The summed E-state index contributed by atoms with van der Waals surface area (Å²) in [4.78, 5) is 42.6. The van der Waals surface area contributed by atoms with Crippen molar-refractivity contribution in [1.82, 2.24) is 20.5 Å². The van der Waals surface area contributed by atoms with Gasteiger partial charge in [-0.1, -0.05) is 50.8 Å². The molecule has 32 heavy (non-hydrogen) atoms. The van der Waals surface area contributed by atoms with Crippen molar-refractivity contribution >= 4 is 28.8 Å². The number of H-pyrrole nitrogens is 1. The van der Waals surface area contributed by atoms with Crippen LogP contribution in [0.4, 0.5) is 4.79 Å². The van der Waals surface area contributed by atoms with Gasteiger partial charge in [-0.25, -0.2) is 9.59 Å². The number of carboxylic acids is 1. The lowest BCUT2D eigenvalue weighted by Crippen LogP contribution is -2.54. The molecule has 8 heteroatoms. The summed E-state index contributed by atoms with van der Waals surface area (Å²) in [5.74, 6) is -1.55. The Morgan fingerprint density at radius 3 is 2.47 bits per heavy atom. The Hall–Kier alpha value is -3.03. The topological polar surface area (TPSA) is 115 Å². The number of aromatic nitrogens is 1. The second kappa shape index (κ2) is 11.5. The van der Waals surface area contributed by atoms with Gasteiger partial charge in [0.2, 0.25) is 5.91 Å². The lowest BCUT2D eigenvalue weighted by atomic mass is 10.0. The third kappa shape index (κ3) is 6.24. The number of likely N-dealkylation sites (tertiary alicyclic amines) is 1. The Kier molecular flexibility index (Phi) is 8.53. The van der Waals surface area contributed by atoms with E-state index in [1.807, 2.05) is 31.2 Å². The molecule has 8 nitrogen and oxygen atoms in total. The van der Waals surface area contributed by atoms with Gasteiger partial charge in [0.1, 0.15) is 12.1 Å². The van der Waals surface area contributed by atoms with Crippen LogP contribution in [0.25, 0.3) is 10.9 Å². The number of para-hydroxylation sites is 1. The summed E-state index contributed by atoms with van der Waals surface area (Å²) in [6.07, 6.45) is 8.19. The average Bonchev–Trinajstić information content (AvgIpc) is 2.99. The molecular weight excluding hydrogens is 408 g/mol. The number of hydrogen-bond acceptors (Lipinski definition) is 3. The molecule has 3 amide bonds. The fourth-order valence-corrected chi connectivity index (χ4v) is 4.18. The number of benzene rings is 1. The Morgan fingerprint density at radius 1 is 1.06 bits per heavy atom. The lowest BCUT2D eigenvalue weighted by molar-refractivity contribution is -0.142. The second-order valence-electron chi connectivity index (χ2n) is 8.51. The standard InChI is InChI=1S/C24H34N4O4/c1-2-3-11-20(27-24(32)28-13-8-4-5-9-14-28)22(29)26-21(23(30)31)15-17-16-25-19-12-7-6-10-18(17)19/h6-7,10,12,16,20-21,25H,2-5,8-9,11,13-15H2,1H3,(H,26,29)(H,27,32)(H,30,31)/t20-,21+/m0/s1. The number of urea groups is 1. The molecule has 0 spiro atoms. The van der Waals surface area contributed by atoms with Gasteiger partial charge in [-0.05, 0) is 30.9 Å². The lowest BCUT2D eigenvalue weighted by Gasteiger charge is -2.26. The van der Waals surface area contributed by atoms with Crippen molar-refractivity contribution in [2.45, 2.75) is 70.4 Å². The minimum absolute atomic E-state index is 0.158. The summed E-state index contributed by atoms with van der Waals surface area (Å²) in [7, 11) is 0. The van der Waals surface area contributed by atoms with Crippen LogP contribution in [0.2, 0.25) is 0 Å². The highest BCUT2D eigenvalue weighted by Crippen LogP contribution is 2.19. The van der Waals surface area contributed by atoms with E-state index in [0.29, 0.717) is 19.5 Å². The van der Waals surface area contributed by atoms with E-state index in [2.05, 4.69) is 15.6 Å². The number of aliphatic carboxylic acids is 1. The number of carbonyl (C=O) groups excluding carboxylic acids is 2. The predicted molar refractivity (Wildman–Crippen MR) is 123 cm³/mol. The molecule has 0 bridgehead atoms. The van der Waals surface area contributed by atoms with E-state index < -0.39 is 24.0 Å². The van der Waals surface area contributed by atoms with Gasteiger partial charge in [0.05, 0.1) is 0 Å². The summed E-state index contributed by atoms with van der Waals surface area (Å²) in [5.41, 5.74) is 1.75. The van der Waals surface area contributed by atoms with Gasteiger partial charge in [0.25, 0.3) is 0 Å². The summed E-state index contributed by atoms with van der Waals surface area (Å²) in [6.45, 7) is 3.39. The molecule has 1 aromatic heterocycles. The van der Waals surface area contributed by atoms with Crippen LogP contribution in [0.15, 0.2) is 30.5 Å². The molecule has 1 aliphatic heterocycles. The third-order valence-electron chi connectivity index (χ3n) is 6.07. The highest BCUT2D eigenvalue weighted by molar-refractivity contribution is 5.91. The number of carbonyl (C=O) groups is 3. The molecule has 2 heterocycles. The Balaban J connectivity index is 1.67. The molecule has 1 aromatic carbocycles. The van der Waals surface area contributed by atoms with Gasteiger partial charge in [0, 0.05) is 36.6 Å². The van der Waals surface area contributed by atoms with E-state index >= 15 is 0 Å². The van der Waals surface area contributed by atoms with Gasteiger partial charge in [-0.3, -0.25) is 4.79 Å². The number of amides is 3. The molecule has 4 N–H and O–H groups in total. The number of hydrogen-bond donors (Lipinski definition) is 4. The summed E-state index contributed by atoms with van der Waals surface area (Å²) in [5, 5.41) is 16.2. The van der Waals surface area contributed by atoms with Crippen molar-refractivity contribution in [2.75, 3.05) is 13.1 Å². The first-order valence-electron chi connectivity index (χ1n) is 11.6. The molecule has 3 rings (SSSR count). The van der Waals surface area contributed by atoms with Gasteiger partial charge in [-0.15, -0.1) is 0 Å². The second-order valence-corrected chi connectivity index (χ2v) is 8.51. The molecule has 0 radical (unpaired) electrons. The molecule has 1 fully saturated rings. The number of unbranched alkanes of at least 4 members (excludes halogenated alkanes) is 1. The molecule has 2 atom stereocenters. The van der Waals surface area contributed by atoms with Gasteiger partial charge >= 0.3 is 12.0 Å². The van der Waals surface area contributed by atoms with Gasteiger partial charge in [-0.2, -0.15) is 0 Å².